The number of hydrogen-bond acceptors (Lipinski definition) is 2. The molecule has 0 saturated carbocycles. The maximum Gasteiger partial charge on any atom is 0.214 e. The van der Waals surface area contributed by atoms with Crippen LogP contribution in [0.1, 0.15) is 26.7 Å². The van der Waals surface area contributed by atoms with Crippen LogP contribution < -0.4 is 4.74 Å². The zero-order valence-electron chi connectivity index (χ0n) is 8.66. The van der Waals surface area contributed by atoms with Gasteiger partial charge in [-0.05, 0) is 18.4 Å². The molecule has 1 unspecified atom stereocenters. The van der Waals surface area contributed by atoms with Crippen LogP contribution in [0.3, 0.4) is 0 Å². The lowest BCUT2D eigenvalue weighted by molar-refractivity contribution is 0.272. The SMILES string of the molecule is CCC(C)CCOc1cccc(Cl)n1. The molecule has 1 aromatic heterocycles. The largest absolute Gasteiger partial charge is 0.478 e. The number of aromatic nitrogens is 1. The summed E-state index contributed by atoms with van der Waals surface area (Å²) in [4.78, 5) is 4.04. The summed E-state index contributed by atoms with van der Waals surface area (Å²) in [6.07, 6.45) is 2.25. The van der Waals surface area contributed by atoms with Crippen LogP contribution in [0, 0.1) is 5.92 Å². The summed E-state index contributed by atoms with van der Waals surface area (Å²) in [6.45, 7) is 5.11. The first kappa shape index (κ1) is 11.3. The Bertz CT molecular complexity index is 278. The maximum atomic E-state index is 5.72. The number of halogens is 1. The van der Waals surface area contributed by atoms with Gasteiger partial charge in [0.25, 0.3) is 0 Å². The molecular weight excluding hydrogens is 198 g/mol. The third kappa shape index (κ3) is 3.97. The van der Waals surface area contributed by atoms with Gasteiger partial charge in [0.15, 0.2) is 0 Å². The van der Waals surface area contributed by atoms with Crippen molar-refractivity contribution in [2.75, 3.05) is 6.61 Å². The van der Waals surface area contributed by atoms with Gasteiger partial charge in [0.2, 0.25) is 5.88 Å². The van der Waals surface area contributed by atoms with Gasteiger partial charge in [-0.15, -0.1) is 0 Å². The number of nitrogens with zero attached hydrogens (tertiary/aromatic N) is 1. The highest BCUT2D eigenvalue weighted by molar-refractivity contribution is 6.29. The van der Waals surface area contributed by atoms with E-state index in [-0.39, 0.29) is 0 Å². The maximum absolute atomic E-state index is 5.72. The van der Waals surface area contributed by atoms with Gasteiger partial charge in [-0.2, -0.15) is 0 Å². The van der Waals surface area contributed by atoms with E-state index in [0.29, 0.717) is 23.6 Å². The number of pyridine rings is 1. The molecule has 0 N–H and O–H groups in total. The molecule has 0 radical (unpaired) electrons. The van der Waals surface area contributed by atoms with Crippen LogP contribution in [-0.2, 0) is 0 Å². The minimum absolute atomic E-state index is 0.478. The highest BCUT2D eigenvalue weighted by atomic mass is 35.5. The van der Waals surface area contributed by atoms with Crippen molar-refractivity contribution in [3.63, 3.8) is 0 Å². The van der Waals surface area contributed by atoms with E-state index in [2.05, 4.69) is 18.8 Å². The molecule has 0 amide bonds. The summed E-state index contributed by atoms with van der Waals surface area (Å²) >= 11 is 5.72. The molecule has 1 rings (SSSR count). The first-order valence-corrected chi connectivity index (χ1v) is 5.35. The van der Waals surface area contributed by atoms with Crippen LogP contribution in [0.4, 0.5) is 0 Å². The van der Waals surface area contributed by atoms with Crippen LogP contribution in [0.25, 0.3) is 0 Å². The Morgan fingerprint density at radius 2 is 2.29 bits per heavy atom. The van der Waals surface area contributed by atoms with Gasteiger partial charge in [0, 0.05) is 6.07 Å². The molecule has 0 bridgehead atoms. The van der Waals surface area contributed by atoms with E-state index >= 15 is 0 Å². The van der Waals surface area contributed by atoms with E-state index in [1.165, 1.54) is 6.42 Å². The number of rotatable bonds is 5. The van der Waals surface area contributed by atoms with Gasteiger partial charge in [-0.25, -0.2) is 4.98 Å². The van der Waals surface area contributed by atoms with Crippen LogP contribution in [0.5, 0.6) is 5.88 Å². The predicted molar refractivity (Wildman–Crippen MR) is 58.8 cm³/mol. The highest BCUT2D eigenvalue weighted by Gasteiger charge is 2.00. The van der Waals surface area contributed by atoms with Crippen LogP contribution in [-0.4, -0.2) is 11.6 Å². The van der Waals surface area contributed by atoms with Crippen molar-refractivity contribution in [2.45, 2.75) is 26.7 Å². The van der Waals surface area contributed by atoms with E-state index in [1.54, 1.807) is 6.07 Å². The molecule has 0 aromatic carbocycles. The molecule has 0 aliphatic rings. The summed E-state index contributed by atoms with van der Waals surface area (Å²) in [6, 6.07) is 5.40. The van der Waals surface area contributed by atoms with E-state index in [9.17, 15) is 0 Å². The van der Waals surface area contributed by atoms with E-state index in [0.717, 1.165) is 6.42 Å². The molecular formula is C11H16ClNO. The third-order valence-corrected chi connectivity index (χ3v) is 2.46. The van der Waals surface area contributed by atoms with Crippen molar-refractivity contribution >= 4 is 11.6 Å². The lowest BCUT2D eigenvalue weighted by Crippen LogP contribution is -2.04. The van der Waals surface area contributed by atoms with Crippen molar-refractivity contribution in [2.24, 2.45) is 5.92 Å². The fraction of sp³-hybridized carbons (Fsp3) is 0.545. The molecule has 14 heavy (non-hydrogen) atoms. The van der Waals surface area contributed by atoms with Gasteiger partial charge in [0.1, 0.15) is 5.15 Å². The average molecular weight is 214 g/mol. The molecule has 2 nitrogen and oxygen atoms in total. The summed E-state index contributed by atoms with van der Waals surface area (Å²) in [5.74, 6) is 1.31. The molecule has 0 saturated heterocycles. The van der Waals surface area contributed by atoms with Gasteiger partial charge in [-0.3, -0.25) is 0 Å². The summed E-state index contributed by atoms with van der Waals surface area (Å²) < 4.78 is 5.46. The normalized spacial score (nSPS) is 12.5. The summed E-state index contributed by atoms with van der Waals surface area (Å²) in [7, 11) is 0. The van der Waals surface area contributed by atoms with Crippen molar-refractivity contribution in [3.8, 4) is 5.88 Å². The molecule has 0 aliphatic heterocycles. The van der Waals surface area contributed by atoms with Crippen LogP contribution in [0.2, 0.25) is 5.15 Å². The summed E-state index contributed by atoms with van der Waals surface area (Å²) in [5.41, 5.74) is 0. The first-order chi connectivity index (χ1) is 6.72. The second kappa shape index (κ2) is 5.86. The second-order valence-electron chi connectivity index (χ2n) is 3.45. The molecule has 78 valence electrons. The monoisotopic (exact) mass is 213 g/mol. The van der Waals surface area contributed by atoms with Crippen LogP contribution >= 0.6 is 11.6 Å². The molecule has 1 heterocycles. The Hall–Kier alpha value is -0.760. The lowest BCUT2D eigenvalue weighted by Gasteiger charge is -2.09. The van der Waals surface area contributed by atoms with Crippen molar-refractivity contribution in [3.05, 3.63) is 23.4 Å². The minimum atomic E-state index is 0.478. The molecule has 0 fully saturated rings. The Kier molecular flexibility index (Phi) is 4.74. The predicted octanol–water partition coefficient (Wildman–Crippen LogP) is 3.55. The smallest absolute Gasteiger partial charge is 0.214 e. The van der Waals surface area contributed by atoms with Gasteiger partial charge < -0.3 is 4.74 Å². The quantitative estimate of drug-likeness (QED) is 0.698. The molecule has 0 spiro atoms. The fourth-order valence-electron chi connectivity index (χ4n) is 1.04. The second-order valence-corrected chi connectivity index (χ2v) is 3.84. The zero-order chi connectivity index (χ0) is 10.4. The standard InChI is InChI=1S/C11H16ClNO/c1-3-9(2)7-8-14-11-6-4-5-10(12)13-11/h4-6,9H,3,7-8H2,1-2H3. The Morgan fingerprint density at radius 3 is 2.93 bits per heavy atom. The Balaban J connectivity index is 2.31. The fourth-order valence-corrected chi connectivity index (χ4v) is 1.19. The van der Waals surface area contributed by atoms with Crippen molar-refractivity contribution < 1.29 is 4.74 Å². The Morgan fingerprint density at radius 1 is 1.50 bits per heavy atom. The molecule has 1 atom stereocenters. The number of hydrogen-bond donors (Lipinski definition) is 0. The van der Waals surface area contributed by atoms with Crippen molar-refractivity contribution in [1.29, 1.82) is 0 Å². The van der Waals surface area contributed by atoms with Crippen molar-refractivity contribution in [1.82, 2.24) is 4.98 Å². The van der Waals surface area contributed by atoms with Gasteiger partial charge in [0.05, 0.1) is 6.61 Å². The third-order valence-electron chi connectivity index (χ3n) is 2.25. The van der Waals surface area contributed by atoms with Crippen LogP contribution in [0.15, 0.2) is 18.2 Å². The number of ether oxygens (including phenoxy) is 1. The highest BCUT2D eigenvalue weighted by Crippen LogP contribution is 2.13. The molecule has 0 aliphatic carbocycles. The van der Waals surface area contributed by atoms with E-state index in [1.807, 2.05) is 12.1 Å². The average Bonchev–Trinajstić information content (AvgIpc) is 2.17. The minimum Gasteiger partial charge on any atom is -0.478 e. The topological polar surface area (TPSA) is 22.1 Å². The summed E-state index contributed by atoms with van der Waals surface area (Å²) in [5, 5.41) is 0.478. The van der Waals surface area contributed by atoms with Gasteiger partial charge >= 0.3 is 0 Å². The van der Waals surface area contributed by atoms with E-state index < -0.39 is 0 Å². The molecule has 1 aromatic rings. The van der Waals surface area contributed by atoms with Gasteiger partial charge in [-0.1, -0.05) is 37.9 Å². The molecule has 3 heteroatoms. The zero-order valence-corrected chi connectivity index (χ0v) is 9.42. The van der Waals surface area contributed by atoms with E-state index in [4.69, 9.17) is 16.3 Å². The Labute approximate surface area is 90.3 Å². The lowest BCUT2D eigenvalue weighted by atomic mass is 10.1. The first-order valence-electron chi connectivity index (χ1n) is 4.97.